The minimum Gasteiger partial charge on any atom is -0.361 e. The zero-order chi connectivity index (χ0) is 16.9. The zero-order valence-electron chi connectivity index (χ0n) is 13.8. The Kier molecular flexibility index (Phi) is 3.23. The lowest BCUT2D eigenvalue weighted by Crippen LogP contribution is -2.46. The Balaban J connectivity index is 1.73. The van der Waals surface area contributed by atoms with Crippen molar-refractivity contribution in [1.82, 2.24) is 15.4 Å². The Morgan fingerprint density at radius 2 is 2.08 bits per heavy atom. The van der Waals surface area contributed by atoms with Crippen molar-refractivity contribution in [1.29, 1.82) is 0 Å². The highest BCUT2D eigenvalue weighted by Gasteiger charge is 2.53. The fourth-order valence-corrected chi connectivity index (χ4v) is 3.84. The molecule has 24 heavy (non-hydrogen) atoms. The third-order valence-corrected chi connectivity index (χ3v) is 5.15. The molecule has 1 aromatic heterocycles. The molecule has 0 bridgehead atoms. The maximum atomic E-state index is 13.2. The number of nitrogens with one attached hydrogen (secondary N) is 1. The molecular weight excluding hydrogens is 306 g/mol. The number of amides is 3. The molecule has 1 aromatic carbocycles. The van der Waals surface area contributed by atoms with E-state index in [4.69, 9.17) is 4.52 Å². The van der Waals surface area contributed by atoms with Crippen LogP contribution in [-0.4, -0.2) is 22.0 Å². The number of fused-ring (bicyclic) bond motifs is 2. The molecule has 6 nitrogen and oxygen atoms in total. The molecular formula is C18H19N3O3. The minimum absolute atomic E-state index is 0.181. The van der Waals surface area contributed by atoms with Crippen molar-refractivity contribution in [2.45, 2.75) is 45.2 Å². The Hall–Kier alpha value is -2.63. The van der Waals surface area contributed by atoms with Crippen molar-refractivity contribution >= 4 is 11.9 Å². The number of nitrogens with zero attached hydrogens (tertiary/aromatic N) is 2. The summed E-state index contributed by atoms with van der Waals surface area (Å²) in [6.07, 6.45) is 2.44. The Morgan fingerprint density at radius 3 is 2.83 bits per heavy atom. The summed E-state index contributed by atoms with van der Waals surface area (Å²) >= 11 is 0. The minimum atomic E-state index is -0.926. The van der Waals surface area contributed by atoms with Crippen LogP contribution in [0.5, 0.6) is 0 Å². The molecule has 1 unspecified atom stereocenters. The van der Waals surface area contributed by atoms with Gasteiger partial charge in [-0.1, -0.05) is 29.4 Å². The van der Waals surface area contributed by atoms with Gasteiger partial charge in [-0.2, -0.15) is 0 Å². The highest BCUT2D eigenvalue weighted by Crippen LogP contribution is 2.40. The highest BCUT2D eigenvalue weighted by atomic mass is 16.5. The molecule has 0 radical (unpaired) electrons. The number of carbonyl (C=O) groups excluding carboxylic acids is 2. The summed E-state index contributed by atoms with van der Waals surface area (Å²) in [5.74, 6) is 0.456. The van der Waals surface area contributed by atoms with Crippen molar-refractivity contribution in [3.63, 3.8) is 0 Å². The number of rotatable bonds is 2. The molecule has 1 aliphatic heterocycles. The molecule has 6 heteroatoms. The van der Waals surface area contributed by atoms with E-state index in [2.05, 4.69) is 10.5 Å². The largest absolute Gasteiger partial charge is 0.361 e. The lowest BCUT2D eigenvalue weighted by Gasteiger charge is -2.33. The van der Waals surface area contributed by atoms with Gasteiger partial charge in [0.2, 0.25) is 0 Å². The monoisotopic (exact) mass is 325 g/mol. The Morgan fingerprint density at radius 1 is 1.29 bits per heavy atom. The van der Waals surface area contributed by atoms with Gasteiger partial charge in [0.15, 0.2) is 0 Å². The average Bonchev–Trinajstić information content (AvgIpc) is 3.01. The second-order valence-electron chi connectivity index (χ2n) is 6.54. The number of aryl methyl sites for hydroxylation is 3. The van der Waals surface area contributed by atoms with Gasteiger partial charge in [-0.3, -0.25) is 9.69 Å². The van der Waals surface area contributed by atoms with E-state index < -0.39 is 5.54 Å². The van der Waals surface area contributed by atoms with E-state index in [0.29, 0.717) is 17.9 Å². The lowest BCUT2D eigenvalue weighted by atomic mass is 9.76. The molecule has 4 rings (SSSR count). The molecule has 1 saturated heterocycles. The van der Waals surface area contributed by atoms with E-state index in [1.54, 1.807) is 6.92 Å². The third-order valence-electron chi connectivity index (χ3n) is 5.15. The van der Waals surface area contributed by atoms with E-state index >= 15 is 0 Å². The van der Waals surface area contributed by atoms with Gasteiger partial charge in [-0.05, 0) is 44.2 Å². The quantitative estimate of drug-likeness (QED) is 0.861. The molecule has 1 fully saturated rings. The summed E-state index contributed by atoms with van der Waals surface area (Å²) in [7, 11) is 0. The van der Waals surface area contributed by atoms with Crippen molar-refractivity contribution < 1.29 is 14.1 Å². The first-order chi connectivity index (χ1) is 11.5. The number of benzene rings is 1. The topological polar surface area (TPSA) is 75.4 Å². The maximum absolute atomic E-state index is 13.2. The maximum Gasteiger partial charge on any atom is 0.325 e. The number of imide groups is 1. The second kappa shape index (κ2) is 5.19. The van der Waals surface area contributed by atoms with Gasteiger partial charge < -0.3 is 9.84 Å². The van der Waals surface area contributed by atoms with Crippen LogP contribution in [0, 0.1) is 13.8 Å². The molecule has 0 saturated carbocycles. The molecule has 124 valence electrons. The van der Waals surface area contributed by atoms with Crippen LogP contribution in [-0.2, 0) is 23.3 Å². The molecule has 2 aliphatic rings. The van der Waals surface area contributed by atoms with E-state index in [9.17, 15) is 9.59 Å². The Labute approximate surface area is 139 Å². The fourth-order valence-electron chi connectivity index (χ4n) is 3.84. The average molecular weight is 325 g/mol. The number of carbonyl (C=O) groups is 2. The van der Waals surface area contributed by atoms with Gasteiger partial charge in [0.05, 0.1) is 12.2 Å². The standard InChI is InChI=1S/C18H19N3O3/c1-11-14(12(2)24-20-11)10-21-16(22)18(19-17(21)23)9-5-7-13-6-3-4-8-15(13)18/h3-4,6,8H,5,7,9-10H2,1-2H3,(H,19,23). The number of hydrogen-bond acceptors (Lipinski definition) is 4. The van der Waals surface area contributed by atoms with Crippen LogP contribution in [0.4, 0.5) is 4.79 Å². The van der Waals surface area contributed by atoms with Crippen LogP contribution in [0.1, 0.15) is 41.0 Å². The molecule has 1 atom stereocenters. The first-order valence-electron chi connectivity index (χ1n) is 8.17. The van der Waals surface area contributed by atoms with E-state index in [1.807, 2.05) is 31.2 Å². The van der Waals surface area contributed by atoms with Gasteiger partial charge in [0, 0.05) is 5.56 Å². The SMILES string of the molecule is Cc1noc(C)c1CN1C(=O)NC2(CCCc3ccccc32)C1=O. The molecule has 1 spiro atoms. The van der Waals surface area contributed by atoms with Crippen molar-refractivity contribution in [3.05, 3.63) is 52.4 Å². The predicted molar refractivity (Wildman–Crippen MR) is 86.1 cm³/mol. The van der Waals surface area contributed by atoms with Crippen LogP contribution in [0.2, 0.25) is 0 Å². The van der Waals surface area contributed by atoms with Crippen molar-refractivity contribution in [3.8, 4) is 0 Å². The number of aromatic nitrogens is 1. The van der Waals surface area contributed by atoms with E-state index in [1.165, 1.54) is 4.90 Å². The highest BCUT2D eigenvalue weighted by molar-refractivity contribution is 6.07. The molecule has 2 heterocycles. The van der Waals surface area contributed by atoms with Gasteiger partial charge in [-0.15, -0.1) is 0 Å². The van der Waals surface area contributed by atoms with Gasteiger partial charge in [0.25, 0.3) is 5.91 Å². The van der Waals surface area contributed by atoms with Gasteiger partial charge in [-0.25, -0.2) is 4.79 Å². The smallest absolute Gasteiger partial charge is 0.325 e. The third kappa shape index (κ3) is 1.99. The fraction of sp³-hybridized carbons (Fsp3) is 0.389. The first kappa shape index (κ1) is 14.9. The van der Waals surface area contributed by atoms with Crippen LogP contribution in [0.3, 0.4) is 0 Å². The molecule has 3 amide bonds. The number of hydrogen-bond donors (Lipinski definition) is 1. The van der Waals surface area contributed by atoms with Crippen LogP contribution < -0.4 is 5.32 Å². The van der Waals surface area contributed by atoms with Crippen LogP contribution in [0.15, 0.2) is 28.8 Å². The van der Waals surface area contributed by atoms with Crippen molar-refractivity contribution in [2.24, 2.45) is 0 Å². The van der Waals surface area contributed by atoms with Gasteiger partial charge >= 0.3 is 6.03 Å². The lowest BCUT2D eigenvalue weighted by molar-refractivity contribution is -0.132. The van der Waals surface area contributed by atoms with E-state index in [-0.39, 0.29) is 18.5 Å². The van der Waals surface area contributed by atoms with Gasteiger partial charge in [0.1, 0.15) is 11.3 Å². The van der Waals surface area contributed by atoms with Crippen LogP contribution in [0.25, 0.3) is 0 Å². The molecule has 2 aromatic rings. The van der Waals surface area contributed by atoms with Crippen molar-refractivity contribution in [2.75, 3.05) is 0 Å². The normalized spacial score (nSPS) is 22.8. The summed E-state index contributed by atoms with van der Waals surface area (Å²) < 4.78 is 5.15. The first-order valence-corrected chi connectivity index (χ1v) is 8.17. The predicted octanol–water partition coefficient (Wildman–Crippen LogP) is 2.58. The second-order valence-corrected chi connectivity index (χ2v) is 6.54. The molecule has 1 N–H and O–H groups in total. The van der Waals surface area contributed by atoms with Crippen LogP contribution >= 0.6 is 0 Å². The summed E-state index contributed by atoms with van der Waals surface area (Å²) in [5, 5.41) is 6.87. The Bertz CT molecular complexity index is 822. The summed E-state index contributed by atoms with van der Waals surface area (Å²) in [6.45, 7) is 3.80. The zero-order valence-corrected chi connectivity index (χ0v) is 13.8. The summed E-state index contributed by atoms with van der Waals surface area (Å²) in [4.78, 5) is 27.0. The van der Waals surface area contributed by atoms with E-state index in [0.717, 1.165) is 29.5 Å². The summed E-state index contributed by atoms with van der Waals surface area (Å²) in [5.41, 5.74) is 2.63. The number of urea groups is 1. The summed E-state index contributed by atoms with van der Waals surface area (Å²) in [6, 6.07) is 7.53. The molecule has 1 aliphatic carbocycles.